The van der Waals surface area contributed by atoms with Crippen molar-refractivity contribution in [3.63, 3.8) is 0 Å². The van der Waals surface area contributed by atoms with Gasteiger partial charge < -0.3 is 10.1 Å². The number of hydrogen-bond donors (Lipinski definition) is 1. The van der Waals surface area contributed by atoms with Crippen LogP contribution in [0.3, 0.4) is 0 Å². The fourth-order valence-electron chi connectivity index (χ4n) is 3.60. The highest BCUT2D eigenvalue weighted by Gasteiger charge is 2.38. The Morgan fingerprint density at radius 2 is 1.96 bits per heavy atom. The third-order valence-electron chi connectivity index (χ3n) is 5.03. The van der Waals surface area contributed by atoms with Crippen molar-refractivity contribution in [2.75, 3.05) is 19.0 Å². The molecule has 4 rings (SSSR count). The van der Waals surface area contributed by atoms with Crippen LogP contribution < -0.4 is 10.1 Å². The summed E-state index contributed by atoms with van der Waals surface area (Å²) in [5.74, 6) is 0.618. The van der Waals surface area contributed by atoms with E-state index in [1.807, 2.05) is 0 Å². The van der Waals surface area contributed by atoms with Gasteiger partial charge in [0.05, 0.1) is 30.5 Å². The zero-order chi connectivity index (χ0) is 19.7. The average molecular weight is 391 g/mol. The van der Waals surface area contributed by atoms with Crippen LogP contribution in [0.25, 0.3) is 16.9 Å². The summed E-state index contributed by atoms with van der Waals surface area (Å²) in [5.41, 5.74) is 0.464. The van der Waals surface area contributed by atoms with Gasteiger partial charge in [-0.3, -0.25) is 4.57 Å². The Labute approximate surface area is 159 Å². The number of methoxy groups -OCH3 is 1. The van der Waals surface area contributed by atoms with Crippen LogP contribution in [0.15, 0.2) is 30.6 Å². The van der Waals surface area contributed by atoms with E-state index in [2.05, 4.69) is 20.3 Å². The molecule has 28 heavy (non-hydrogen) atoms. The smallest absolute Gasteiger partial charge is 0.450 e. The molecule has 0 bridgehead atoms. The second kappa shape index (κ2) is 7.29. The van der Waals surface area contributed by atoms with Crippen LogP contribution in [-0.4, -0.2) is 33.2 Å². The molecule has 0 unspecified atom stereocenters. The molecule has 1 saturated carbocycles. The molecule has 1 aromatic carbocycles. The van der Waals surface area contributed by atoms with Gasteiger partial charge in [0.2, 0.25) is 5.82 Å². The van der Waals surface area contributed by atoms with Crippen LogP contribution in [0.1, 0.15) is 31.5 Å². The zero-order valence-electron chi connectivity index (χ0n) is 15.3. The lowest BCUT2D eigenvalue weighted by Crippen LogP contribution is -2.15. The van der Waals surface area contributed by atoms with Crippen molar-refractivity contribution in [3.8, 4) is 11.6 Å². The maximum atomic E-state index is 13.6. The normalized spacial score (nSPS) is 15.3. The molecule has 0 aliphatic heterocycles. The number of hydrogen-bond acceptors (Lipinski definition) is 5. The van der Waals surface area contributed by atoms with Crippen LogP contribution in [0, 0.1) is 5.92 Å². The van der Waals surface area contributed by atoms with E-state index >= 15 is 0 Å². The van der Waals surface area contributed by atoms with Gasteiger partial charge in [-0.05, 0) is 30.9 Å². The molecule has 1 aliphatic carbocycles. The van der Waals surface area contributed by atoms with E-state index < -0.39 is 12.0 Å². The lowest BCUT2D eigenvalue weighted by atomic mass is 10.1. The lowest BCUT2D eigenvalue weighted by molar-refractivity contribution is -0.145. The third-order valence-corrected chi connectivity index (χ3v) is 5.03. The minimum atomic E-state index is -4.63. The van der Waals surface area contributed by atoms with Crippen molar-refractivity contribution in [1.82, 2.24) is 19.5 Å². The van der Waals surface area contributed by atoms with Crippen molar-refractivity contribution in [1.29, 1.82) is 0 Å². The largest absolute Gasteiger partial charge is 0.497 e. The van der Waals surface area contributed by atoms with E-state index in [0.29, 0.717) is 17.5 Å². The third kappa shape index (κ3) is 3.61. The topological polar surface area (TPSA) is 64.9 Å². The molecule has 0 amide bonds. The number of halogens is 3. The van der Waals surface area contributed by atoms with Gasteiger partial charge in [-0.15, -0.1) is 0 Å². The molecule has 9 heteroatoms. The first-order chi connectivity index (χ1) is 13.5. The average Bonchev–Trinajstić information content (AvgIpc) is 3.33. The molecular weight excluding hydrogens is 371 g/mol. The first-order valence-corrected chi connectivity index (χ1v) is 9.15. The Hall–Kier alpha value is -2.84. The number of ether oxygens (including phenoxy) is 1. The molecule has 1 fully saturated rings. The zero-order valence-corrected chi connectivity index (χ0v) is 15.3. The number of imidazole rings is 1. The van der Waals surface area contributed by atoms with Crippen LogP contribution in [0.5, 0.6) is 5.75 Å². The molecule has 0 saturated heterocycles. The predicted molar refractivity (Wildman–Crippen MR) is 98.7 cm³/mol. The van der Waals surface area contributed by atoms with Gasteiger partial charge in [0.25, 0.3) is 0 Å². The van der Waals surface area contributed by atoms with Gasteiger partial charge in [0.15, 0.2) is 5.82 Å². The molecular formula is C19H20F3N5O. The standard InChI is InChI=1S/C19H20F3N5O/c1-28-13-6-7-15-14(8-13)26-18(19(20,21)22)27(15)17-11-24-16(10-25-17)23-9-12-4-2-3-5-12/h6-8,10-12H,2-5,9H2,1H3,(H,23,24). The Bertz CT molecular complexity index is 962. The molecule has 6 nitrogen and oxygen atoms in total. The molecule has 2 heterocycles. The summed E-state index contributed by atoms with van der Waals surface area (Å²) in [6.45, 7) is 0.801. The second-order valence-electron chi connectivity index (χ2n) is 6.91. The van der Waals surface area contributed by atoms with E-state index in [0.717, 1.165) is 11.1 Å². The maximum Gasteiger partial charge on any atom is 0.450 e. The summed E-state index contributed by atoms with van der Waals surface area (Å²) >= 11 is 0. The Morgan fingerprint density at radius 1 is 1.18 bits per heavy atom. The molecule has 3 aromatic rings. The van der Waals surface area contributed by atoms with Gasteiger partial charge in [-0.1, -0.05) is 12.8 Å². The number of nitrogens with one attached hydrogen (secondary N) is 1. The second-order valence-corrected chi connectivity index (χ2v) is 6.91. The van der Waals surface area contributed by atoms with Crippen LogP contribution in [-0.2, 0) is 6.18 Å². The summed E-state index contributed by atoms with van der Waals surface area (Å²) in [5, 5.41) is 3.22. The van der Waals surface area contributed by atoms with E-state index in [4.69, 9.17) is 4.74 Å². The Balaban J connectivity index is 1.67. The van der Waals surface area contributed by atoms with Crippen LogP contribution >= 0.6 is 0 Å². The quantitative estimate of drug-likeness (QED) is 0.696. The fraction of sp³-hybridized carbons (Fsp3) is 0.421. The lowest BCUT2D eigenvalue weighted by Gasteiger charge is -2.13. The highest BCUT2D eigenvalue weighted by molar-refractivity contribution is 5.79. The molecule has 2 aromatic heterocycles. The van der Waals surface area contributed by atoms with Gasteiger partial charge in [-0.2, -0.15) is 13.2 Å². The SMILES string of the molecule is COc1ccc2c(c1)nc(C(F)(F)F)n2-c1cnc(NCC2CCCC2)cn1. The molecule has 1 N–H and O–H groups in total. The maximum absolute atomic E-state index is 13.6. The van der Waals surface area contributed by atoms with Crippen molar-refractivity contribution in [3.05, 3.63) is 36.4 Å². The number of nitrogens with zero attached hydrogens (tertiary/aromatic N) is 4. The summed E-state index contributed by atoms with van der Waals surface area (Å²) in [6.07, 6.45) is 3.03. The minimum Gasteiger partial charge on any atom is -0.497 e. The van der Waals surface area contributed by atoms with Crippen LogP contribution in [0.4, 0.5) is 19.0 Å². The minimum absolute atomic E-state index is 0.0615. The molecule has 0 radical (unpaired) electrons. The number of benzene rings is 1. The number of anilines is 1. The monoisotopic (exact) mass is 391 g/mol. The molecule has 0 atom stereocenters. The van der Waals surface area contributed by atoms with Crippen molar-refractivity contribution in [2.45, 2.75) is 31.9 Å². The molecule has 0 spiro atoms. The molecule has 148 valence electrons. The first kappa shape index (κ1) is 18.5. The predicted octanol–water partition coefficient (Wildman–Crippen LogP) is 4.45. The van der Waals surface area contributed by atoms with E-state index in [9.17, 15) is 13.2 Å². The number of alkyl halides is 3. The van der Waals surface area contributed by atoms with E-state index in [1.54, 1.807) is 6.07 Å². The van der Waals surface area contributed by atoms with Crippen molar-refractivity contribution >= 4 is 16.9 Å². The fourth-order valence-corrected chi connectivity index (χ4v) is 3.60. The summed E-state index contributed by atoms with van der Waals surface area (Å²) in [6, 6.07) is 4.59. The molecule has 1 aliphatic rings. The number of aromatic nitrogens is 4. The van der Waals surface area contributed by atoms with Crippen molar-refractivity contribution < 1.29 is 17.9 Å². The summed E-state index contributed by atoms with van der Waals surface area (Å²) in [4.78, 5) is 12.2. The van der Waals surface area contributed by atoms with Crippen molar-refractivity contribution in [2.24, 2.45) is 5.92 Å². The van der Waals surface area contributed by atoms with Gasteiger partial charge >= 0.3 is 6.18 Å². The van der Waals surface area contributed by atoms with E-state index in [-0.39, 0.29) is 16.9 Å². The Morgan fingerprint density at radius 3 is 2.61 bits per heavy atom. The van der Waals surface area contributed by atoms with Gasteiger partial charge in [0.1, 0.15) is 11.6 Å². The Kier molecular flexibility index (Phi) is 4.82. The highest BCUT2D eigenvalue weighted by atomic mass is 19.4. The van der Waals surface area contributed by atoms with Gasteiger partial charge in [0, 0.05) is 12.6 Å². The van der Waals surface area contributed by atoms with Crippen LogP contribution in [0.2, 0.25) is 0 Å². The van der Waals surface area contributed by atoms with Gasteiger partial charge in [-0.25, -0.2) is 15.0 Å². The van der Waals surface area contributed by atoms with E-state index in [1.165, 1.54) is 57.3 Å². The number of fused-ring (bicyclic) bond motifs is 1. The summed E-state index contributed by atoms with van der Waals surface area (Å²) in [7, 11) is 1.45. The number of rotatable bonds is 5. The highest BCUT2D eigenvalue weighted by Crippen LogP contribution is 2.34. The first-order valence-electron chi connectivity index (χ1n) is 9.15. The summed E-state index contributed by atoms with van der Waals surface area (Å²) < 4.78 is 46.7.